The van der Waals surface area contributed by atoms with Crippen LogP contribution in [0.25, 0.3) is 6.08 Å². The number of nitrogens with zero attached hydrogens (tertiary/aromatic N) is 1. The average molecular weight is 200 g/mol. The molecule has 0 amide bonds. The minimum absolute atomic E-state index is 0.585. The van der Waals surface area contributed by atoms with Crippen molar-refractivity contribution < 1.29 is 4.92 Å². The van der Waals surface area contributed by atoms with Crippen LogP contribution in [0.2, 0.25) is 0 Å². The normalized spacial score (nSPS) is 10.8. The molecule has 0 aliphatic carbocycles. The summed E-state index contributed by atoms with van der Waals surface area (Å²) in [5.74, 6) is 0. The van der Waals surface area contributed by atoms with E-state index in [4.69, 9.17) is 0 Å². The van der Waals surface area contributed by atoms with Crippen LogP contribution in [0.5, 0.6) is 0 Å². The second kappa shape index (κ2) is 4.27. The molecule has 0 fully saturated rings. The highest BCUT2D eigenvalue weighted by Crippen LogP contribution is 2.25. The Morgan fingerprint density at radius 2 is 2.50 bits per heavy atom. The van der Waals surface area contributed by atoms with Crippen molar-refractivity contribution in [1.29, 1.82) is 0 Å². The summed E-state index contributed by atoms with van der Waals surface area (Å²) in [6, 6.07) is 3.77. The van der Waals surface area contributed by atoms with E-state index in [1.165, 1.54) is 17.4 Å². The SMILES string of the molecule is CSc1ccc(C=[C-][N+](=O)[O-])s1. The highest BCUT2D eigenvalue weighted by Gasteiger charge is 1.88. The number of rotatable bonds is 3. The Morgan fingerprint density at radius 1 is 1.75 bits per heavy atom. The molecular formula is C7H6NO2S2-. The highest BCUT2D eigenvalue weighted by atomic mass is 32.2. The minimum Gasteiger partial charge on any atom is -0.278 e. The van der Waals surface area contributed by atoms with Crippen LogP contribution in [0.1, 0.15) is 4.88 Å². The van der Waals surface area contributed by atoms with Gasteiger partial charge in [-0.1, -0.05) is 6.07 Å². The zero-order chi connectivity index (χ0) is 8.97. The van der Waals surface area contributed by atoms with Crippen molar-refractivity contribution in [1.82, 2.24) is 0 Å². The van der Waals surface area contributed by atoms with Gasteiger partial charge in [0.25, 0.3) is 0 Å². The fourth-order valence-electron chi connectivity index (χ4n) is 0.638. The number of hydrogen-bond acceptors (Lipinski definition) is 4. The van der Waals surface area contributed by atoms with E-state index in [2.05, 4.69) is 0 Å². The Morgan fingerprint density at radius 3 is 3.00 bits per heavy atom. The number of nitro groups is 1. The van der Waals surface area contributed by atoms with Crippen LogP contribution in [0, 0.1) is 16.3 Å². The van der Waals surface area contributed by atoms with Crippen molar-refractivity contribution in [2.45, 2.75) is 4.21 Å². The van der Waals surface area contributed by atoms with Crippen molar-refractivity contribution >= 4 is 29.2 Å². The van der Waals surface area contributed by atoms with Gasteiger partial charge in [-0.25, -0.2) is 11.3 Å². The first-order chi connectivity index (χ1) is 5.72. The second-order valence-corrected chi connectivity index (χ2v) is 4.11. The van der Waals surface area contributed by atoms with Gasteiger partial charge in [0.1, 0.15) is 6.20 Å². The Balaban J connectivity index is 2.70. The quantitative estimate of drug-likeness (QED) is 0.247. The predicted molar refractivity (Wildman–Crippen MR) is 50.8 cm³/mol. The molecule has 1 rings (SSSR count). The second-order valence-electron chi connectivity index (χ2n) is 1.89. The van der Waals surface area contributed by atoms with Crippen molar-refractivity contribution in [2.75, 3.05) is 6.26 Å². The molecule has 0 atom stereocenters. The topological polar surface area (TPSA) is 43.1 Å². The Bertz CT molecular complexity index is 306. The van der Waals surface area contributed by atoms with Gasteiger partial charge in [0, 0.05) is 4.21 Å². The predicted octanol–water partition coefficient (Wildman–Crippen LogP) is 2.52. The van der Waals surface area contributed by atoms with Gasteiger partial charge in [-0.05, 0) is 11.2 Å². The van der Waals surface area contributed by atoms with Gasteiger partial charge in [-0.2, -0.15) is 0 Å². The molecule has 0 aromatic carbocycles. The lowest BCUT2D eigenvalue weighted by atomic mass is 10.4. The molecule has 12 heavy (non-hydrogen) atoms. The molecule has 0 aliphatic heterocycles. The third kappa shape index (κ3) is 2.67. The molecule has 0 saturated carbocycles. The third-order valence-electron chi connectivity index (χ3n) is 1.12. The number of thioether (sulfide) groups is 1. The molecule has 0 radical (unpaired) electrons. The molecule has 5 heteroatoms. The molecule has 1 aromatic rings. The lowest BCUT2D eigenvalue weighted by Gasteiger charge is -1.90. The van der Waals surface area contributed by atoms with E-state index >= 15 is 0 Å². The molecule has 0 unspecified atom stereocenters. The average Bonchev–Trinajstić information content (AvgIpc) is 2.48. The summed E-state index contributed by atoms with van der Waals surface area (Å²) in [4.78, 5) is 10.2. The summed E-state index contributed by atoms with van der Waals surface area (Å²) >= 11 is 3.14. The van der Waals surface area contributed by atoms with Gasteiger partial charge < -0.3 is 0 Å². The molecule has 1 aromatic heterocycles. The van der Waals surface area contributed by atoms with E-state index in [1.807, 2.05) is 24.6 Å². The Hall–Kier alpha value is -0.810. The fourth-order valence-corrected chi connectivity index (χ4v) is 2.08. The largest absolute Gasteiger partial charge is 0.278 e. The zero-order valence-electron chi connectivity index (χ0n) is 6.31. The highest BCUT2D eigenvalue weighted by molar-refractivity contribution is 8.00. The Labute approximate surface area is 78.3 Å². The molecular weight excluding hydrogens is 194 g/mol. The summed E-state index contributed by atoms with van der Waals surface area (Å²) in [5.41, 5.74) is 0. The maximum Gasteiger partial charge on any atom is 0.121 e. The number of hydrogen-bond donors (Lipinski definition) is 0. The van der Waals surface area contributed by atoms with E-state index in [9.17, 15) is 10.1 Å². The maximum absolute atomic E-state index is 9.91. The summed E-state index contributed by atoms with van der Waals surface area (Å²) in [7, 11) is 0. The third-order valence-corrected chi connectivity index (χ3v) is 3.23. The zero-order valence-corrected chi connectivity index (χ0v) is 7.95. The number of thiophene rings is 1. The molecule has 0 N–H and O–H groups in total. The van der Waals surface area contributed by atoms with Crippen molar-refractivity contribution in [3.05, 3.63) is 33.3 Å². The minimum atomic E-state index is -0.585. The summed E-state index contributed by atoms with van der Waals surface area (Å²) in [6.07, 6.45) is 5.35. The smallest absolute Gasteiger partial charge is 0.121 e. The summed E-state index contributed by atoms with van der Waals surface area (Å²) < 4.78 is 1.14. The molecule has 3 nitrogen and oxygen atoms in total. The Kier molecular flexibility index (Phi) is 3.31. The maximum atomic E-state index is 9.91. The van der Waals surface area contributed by atoms with Crippen LogP contribution in [-0.4, -0.2) is 11.2 Å². The fraction of sp³-hybridized carbons (Fsp3) is 0.143. The van der Waals surface area contributed by atoms with E-state index in [-0.39, 0.29) is 0 Å². The molecule has 64 valence electrons. The van der Waals surface area contributed by atoms with Crippen molar-refractivity contribution in [3.8, 4) is 0 Å². The molecule has 0 saturated heterocycles. The first-order valence-corrected chi connectivity index (χ1v) is 5.14. The van der Waals surface area contributed by atoms with Gasteiger partial charge in [-0.3, -0.25) is 10.1 Å². The van der Waals surface area contributed by atoms with E-state index in [0.717, 1.165) is 9.09 Å². The van der Waals surface area contributed by atoms with Crippen molar-refractivity contribution in [2.24, 2.45) is 0 Å². The monoisotopic (exact) mass is 200 g/mol. The van der Waals surface area contributed by atoms with E-state index < -0.39 is 4.92 Å². The molecule has 0 spiro atoms. The molecule has 0 bridgehead atoms. The van der Waals surface area contributed by atoms with E-state index in [1.54, 1.807) is 11.8 Å². The van der Waals surface area contributed by atoms with Crippen LogP contribution in [0.3, 0.4) is 0 Å². The summed E-state index contributed by atoms with van der Waals surface area (Å²) in [6.45, 7) is 0. The first kappa shape index (κ1) is 9.28. The van der Waals surface area contributed by atoms with Gasteiger partial charge in [0.2, 0.25) is 0 Å². The van der Waals surface area contributed by atoms with Gasteiger partial charge in [0.15, 0.2) is 0 Å². The van der Waals surface area contributed by atoms with Crippen LogP contribution < -0.4 is 0 Å². The van der Waals surface area contributed by atoms with Crippen LogP contribution in [0.4, 0.5) is 0 Å². The van der Waals surface area contributed by atoms with Crippen molar-refractivity contribution in [3.63, 3.8) is 0 Å². The van der Waals surface area contributed by atoms with Gasteiger partial charge in [-0.15, -0.1) is 28.8 Å². The lowest BCUT2D eigenvalue weighted by Crippen LogP contribution is -1.81. The van der Waals surface area contributed by atoms with Gasteiger partial charge >= 0.3 is 0 Å². The standard InChI is InChI=1S/C7H6NO2S2/c1-11-7-3-2-6(12-7)4-5-8(9)10/h2-4H,1H3/q-1. The van der Waals surface area contributed by atoms with E-state index in [0.29, 0.717) is 0 Å². The van der Waals surface area contributed by atoms with Crippen LogP contribution in [0.15, 0.2) is 16.3 Å². The molecule has 0 aliphatic rings. The van der Waals surface area contributed by atoms with Crippen LogP contribution >= 0.6 is 23.1 Å². The molecule has 1 heterocycles. The first-order valence-electron chi connectivity index (χ1n) is 3.10. The summed E-state index contributed by atoms with van der Waals surface area (Å²) in [5, 5.41) is 9.91. The lowest BCUT2D eigenvalue weighted by molar-refractivity contribution is -0.417. The van der Waals surface area contributed by atoms with Gasteiger partial charge in [0.05, 0.1) is 0 Å². The van der Waals surface area contributed by atoms with Crippen LogP contribution in [-0.2, 0) is 0 Å².